The molecule has 0 radical (unpaired) electrons. The number of hydrogen-bond donors (Lipinski definition) is 3. The first-order valence-electron chi connectivity index (χ1n) is 4.62. The van der Waals surface area contributed by atoms with Gasteiger partial charge in [0.15, 0.2) is 0 Å². The lowest BCUT2D eigenvalue weighted by atomic mass is 10.2. The van der Waals surface area contributed by atoms with Gasteiger partial charge in [-0.05, 0) is 13.8 Å². The number of nitrogens with zero attached hydrogens (tertiary/aromatic N) is 1. The molecular weight excluding hydrogens is 198 g/mol. The van der Waals surface area contributed by atoms with E-state index in [0.29, 0.717) is 13.0 Å². The van der Waals surface area contributed by atoms with Gasteiger partial charge in [0, 0.05) is 13.0 Å². The van der Waals surface area contributed by atoms with Crippen LogP contribution in [0.5, 0.6) is 0 Å². The Balaban J connectivity index is 3.89. The molecule has 0 rings (SSSR count). The third kappa shape index (κ3) is 5.65. The van der Waals surface area contributed by atoms with Crippen LogP contribution in [-0.4, -0.2) is 35.6 Å². The van der Waals surface area contributed by atoms with Gasteiger partial charge in [-0.3, -0.25) is 9.59 Å². The van der Waals surface area contributed by atoms with Crippen LogP contribution in [0.1, 0.15) is 20.3 Å². The van der Waals surface area contributed by atoms with E-state index in [9.17, 15) is 9.59 Å². The normalized spacial score (nSPS) is 13.7. The van der Waals surface area contributed by atoms with Crippen molar-refractivity contribution < 1.29 is 14.7 Å². The quantitative estimate of drug-likeness (QED) is 0.515. The van der Waals surface area contributed by atoms with Crippen molar-refractivity contribution in [2.75, 3.05) is 6.54 Å². The zero-order valence-electron chi connectivity index (χ0n) is 8.78. The van der Waals surface area contributed by atoms with Crippen molar-refractivity contribution in [3.05, 3.63) is 0 Å². The lowest BCUT2D eigenvalue weighted by Gasteiger charge is -2.15. The van der Waals surface area contributed by atoms with Crippen molar-refractivity contribution in [2.45, 2.75) is 32.4 Å². The van der Waals surface area contributed by atoms with Gasteiger partial charge in [-0.15, -0.1) is 0 Å². The van der Waals surface area contributed by atoms with Crippen LogP contribution in [0.25, 0.3) is 0 Å². The second-order valence-electron chi connectivity index (χ2n) is 3.15. The summed E-state index contributed by atoms with van der Waals surface area (Å²) < 4.78 is 0. The van der Waals surface area contributed by atoms with Crippen molar-refractivity contribution in [2.24, 2.45) is 0 Å². The Morgan fingerprint density at radius 2 is 2.00 bits per heavy atom. The summed E-state index contributed by atoms with van der Waals surface area (Å²) in [6.45, 7) is 3.41. The molecule has 0 bridgehead atoms. The number of nitriles is 1. The van der Waals surface area contributed by atoms with E-state index in [1.165, 1.54) is 6.92 Å². The van der Waals surface area contributed by atoms with Gasteiger partial charge in [-0.2, -0.15) is 5.26 Å². The molecule has 6 heteroatoms. The topological polar surface area (TPSA) is 102 Å². The molecule has 0 saturated heterocycles. The van der Waals surface area contributed by atoms with Gasteiger partial charge in [0.25, 0.3) is 0 Å². The van der Waals surface area contributed by atoms with E-state index >= 15 is 0 Å². The second-order valence-corrected chi connectivity index (χ2v) is 3.15. The van der Waals surface area contributed by atoms with Crippen molar-refractivity contribution >= 4 is 11.9 Å². The Hall–Kier alpha value is -1.61. The fourth-order valence-corrected chi connectivity index (χ4v) is 0.837. The van der Waals surface area contributed by atoms with Crippen LogP contribution in [0.4, 0.5) is 0 Å². The van der Waals surface area contributed by atoms with Gasteiger partial charge >= 0.3 is 5.97 Å². The third-order valence-corrected chi connectivity index (χ3v) is 1.81. The molecule has 2 unspecified atom stereocenters. The number of carboxylic acids is 1. The molecule has 84 valence electrons. The maximum Gasteiger partial charge on any atom is 0.325 e. The molecule has 0 aliphatic carbocycles. The van der Waals surface area contributed by atoms with E-state index < -0.39 is 18.1 Å². The number of nitrogens with one attached hydrogen (secondary N) is 2. The van der Waals surface area contributed by atoms with Gasteiger partial charge in [0.2, 0.25) is 5.91 Å². The molecule has 0 saturated carbocycles. The van der Waals surface area contributed by atoms with E-state index in [-0.39, 0.29) is 5.91 Å². The Morgan fingerprint density at radius 3 is 2.47 bits per heavy atom. The van der Waals surface area contributed by atoms with E-state index in [4.69, 9.17) is 10.4 Å². The summed E-state index contributed by atoms with van der Waals surface area (Å²) in [5.74, 6) is -1.46. The SMILES string of the molecule is CC(NC(=O)C(C)NCCC#N)C(=O)O. The summed E-state index contributed by atoms with van der Waals surface area (Å²) in [6.07, 6.45) is 0.312. The minimum atomic E-state index is -1.08. The van der Waals surface area contributed by atoms with E-state index in [0.717, 1.165) is 0 Å². The molecule has 0 aliphatic rings. The number of carbonyl (C=O) groups excluding carboxylic acids is 1. The van der Waals surface area contributed by atoms with Crippen molar-refractivity contribution in [3.8, 4) is 6.07 Å². The standard InChI is InChI=1S/C9H15N3O3/c1-6(11-5-3-4-10)8(13)12-7(2)9(14)15/h6-7,11H,3,5H2,1-2H3,(H,12,13)(H,14,15). The maximum absolute atomic E-state index is 11.3. The van der Waals surface area contributed by atoms with E-state index in [2.05, 4.69) is 10.6 Å². The third-order valence-electron chi connectivity index (χ3n) is 1.81. The summed E-state index contributed by atoms with van der Waals surface area (Å²) in [6, 6.07) is 0.528. The first-order valence-corrected chi connectivity index (χ1v) is 4.62. The zero-order valence-corrected chi connectivity index (χ0v) is 8.78. The molecule has 2 atom stereocenters. The number of carboxylic acid groups (broad SMARTS) is 1. The average molecular weight is 213 g/mol. The lowest BCUT2D eigenvalue weighted by molar-refractivity contribution is -0.141. The van der Waals surface area contributed by atoms with Crippen LogP contribution >= 0.6 is 0 Å². The Labute approximate surface area is 88.3 Å². The fourth-order valence-electron chi connectivity index (χ4n) is 0.837. The number of aliphatic carboxylic acids is 1. The predicted octanol–water partition coefficient (Wildman–Crippen LogP) is -0.533. The van der Waals surface area contributed by atoms with Crippen LogP contribution in [0, 0.1) is 11.3 Å². The van der Waals surface area contributed by atoms with Crippen LogP contribution < -0.4 is 10.6 Å². The molecule has 15 heavy (non-hydrogen) atoms. The largest absolute Gasteiger partial charge is 0.480 e. The van der Waals surface area contributed by atoms with Crippen LogP contribution in [-0.2, 0) is 9.59 Å². The fraction of sp³-hybridized carbons (Fsp3) is 0.667. The van der Waals surface area contributed by atoms with Crippen LogP contribution in [0.15, 0.2) is 0 Å². The number of carbonyl (C=O) groups is 2. The summed E-state index contributed by atoms with van der Waals surface area (Å²) in [5.41, 5.74) is 0. The summed E-state index contributed by atoms with van der Waals surface area (Å²) in [7, 11) is 0. The molecule has 6 nitrogen and oxygen atoms in total. The number of rotatable bonds is 6. The Kier molecular flexibility index (Phi) is 6.06. The summed E-state index contributed by atoms with van der Waals surface area (Å²) in [5, 5.41) is 21.9. The van der Waals surface area contributed by atoms with Crippen molar-refractivity contribution in [1.29, 1.82) is 5.26 Å². The highest BCUT2D eigenvalue weighted by Gasteiger charge is 2.17. The molecule has 0 aromatic rings. The number of hydrogen-bond acceptors (Lipinski definition) is 4. The number of amides is 1. The molecule has 1 amide bonds. The molecule has 0 fully saturated rings. The van der Waals surface area contributed by atoms with Crippen LogP contribution in [0.3, 0.4) is 0 Å². The maximum atomic E-state index is 11.3. The lowest BCUT2D eigenvalue weighted by Crippen LogP contribution is -2.48. The smallest absolute Gasteiger partial charge is 0.325 e. The zero-order chi connectivity index (χ0) is 11.8. The Morgan fingerprint density at radius 1 is 1.40 bits per heavy atom. The van der Waals surface area contributed by atoms with Crippen molar-refractivity contribution in [1.82, 2.24) is 10.6 Å². The van der Waals surface area contributed by atoms with Gasteiger partial charge in [-0.25, -0.2) is 0 Å². The predicted molar refractivity (Wildman–Crippen MR) is 52.9 cm³/mol. The highest BCUT2D eigenvalue weighted by atomic mass is 16.4. The molecular formula is C9H15N3O3. The molecule has 3 N–H and O–H groups in total. The summed E-state index contributed by atoms with van der Waals surface area (Å²) in [4.78, 5) is 21.8. The van der Waals surface area contributed by atoms with Gasteiger partial charge in [-0.1, -0.05) is 0 Å². The first kappa shape index (κ1) is 13.4. The van der Waals surface area contributed by atoms with Gasteiger partial charge in [0.1, 0.15) is 6.04 Å². The molecule has 0 aromatic carbocycles. The van der Waals surface area contributed by atoms with Crippen molar-refractivity contribution in [3.63, 3.8) is 0 Å². The van der Waals surface area contributed by atoms with Gasteiger partial charge in [0.05, 0.1) is 12.1 Å². The molecule has 0 aliphatic heterocycles. The van der Waals surface area contributed by atoms with E-state index in [1.54, 1.807) is 6.92 Å². The Bertz CT molecular complexity index is 272. The highest BCUT2D eigenvalue weighted by Crippen LogP contribution is 1.87. The minimum Gasteiger partial charge on any atom is -0.480 e. The monoisotopic (exact) mass is 213 g/mol. The second kappa shape index (κ2) is 6.79. The molecule has 0 aromatic heterocycles. The molecule has 0 spiro atoms. The molecule has 0 heterocycles. The van der Waals surface area contributed by atoms with E-state index in [1.807, 2.05) is 6.07 Å². The highest BCUT2D eigenvalue weighted by molar-refractivity contribution is 5.86. The van der Waals surface area contributed by atoms with Crippen LogP contribution in [0.2, 0.25) is 0 Å². The summed E-state index contributed by atoms with van der Waals surface area (Å²) >= 11 is 0. The first-order chi connectivity index (χ1) is 6.99. The minimum absolute atomic E-state index is 0.312. The van der Waals surface area contributed by atoms with Gasteiger partial charge < -0.3 is 15.7 Å². The average Bonchev–Trinajstić information content (AvgIpc) is 2.17.